The number of aliphatic carboxylic acids is 1. The highest BCUT2D eigenvalue weighted by molar-refractivity contribution is 7.92. The molecule has 2 unspecified atom stereocenters. The summed E-state index contributed by atoms with van der Waals surface area (Å²) in [5.74, 6) is -5.44. The molecule has 0 heterocycles. The number of allylic oxidation sites excluding steroid dienone is 2. The first kappa shape index (κ1) is 21.4. The van der Waals surface area contributed by atoms with Gasteiger partial charge in [-0.3, -0.25) is 14.3 Å². The smallest absolute Gasteiger partial charge is 0.307 e. The average Bonchev–Trinajstić information content (AvgIpc) is 2.71. The summed E-state index contributed by atoms with van der Waals surface area (Å²) in [6.45, 7) is 0. The Morgan fingerprint density at radius 3 is 2.10 bits per heavy atom. The summed E-state index contributed by atoms with van der Waals surface area (Å²) >= 11 is 0. The minimum absolute atomic E-state index is 0.141. The van der Waals surface area contributed by atoms with Crippen LogP contribution in [0, 0.1) is 23.5 Å². The molecule has 1 aliphatic carbocycles. The first-order chi connectivity index (χ1) is 14.2. The maximum Gasteiger partial charge on any atom is 0.307 e. The molecule has 0 aliphatic heterocycles. The van der Waals surface area contributed by atoms with Gasteiger partial charge in [0.15, 0.2) is 11.6 Å². The van der Waals surface area contributed by atoms with Crippen LogP contribution in [0.25, 0.3) is 0 Å². The Hall–Kier alpha value is -3.27. The van der Waals surface area contributed by atoms with Gasteiger partial charge in [-0.1, -0.05) is 12.2 Å². The number of halogens is 2. The van der Waals surface area contributed by atoms with Crippen molar-refractivity contribution >= 4 is 33.3 Å². The number of hydrogen-bond acceptors (Lipinski definition) is 4. The van der Waals surface area contributed by atoms with E-state index >= 15 is 0 Å². The quantitative estimate of drug-likeness (QED) is 0.601. The maximum atomic E-state index is 13.3. The fraction of sp³-hybridized carbons (Fsp3) is 0.200. The van der Waals surface area contributed by atoms with Crippen molar-refractivity contribution in [2.75, 3.05) is 10.0 Å². The van der Waals surface area contributed by atoms with Crippen molar-refractivity contribution in [2.45, 2.75) is 17.7 Å². The van der Waals surface area contributed by atoms with Crippen LogP contribution in [0.1, 0.15) is 12.8 Å². The lowest BCUT2D eigenvalue weighted by molar-refractivity contribution is -0.146. The van der Waals surface area contributed by atoms with Gasteiger partial charge in [-0.2, -0.15) is 0 Å². The Morgan fingerprint density at radius 1 is 0.900 bits per heavy atom. The Kier molecular flexibility index (Phi) is 6.16. The minimum Gasteiger partial charge on any atom is -0.481 e. The van der Waals surface area contributed by atoms with Gasteiger partial charge in [-0.25, -0.2) is 17.2 Å². The topological polar surface area (TPSA) is 113 Å². The number of carbonyl (C=O) groups excluding carboxylic acids is 1. The first-order valence-electron chi connectivity index (χ1n) is 8.94. The van der Waals surface area contributed by atoms with E-state index in [-0.39, 0.29) is 12.1 Å². The molecule has 30 heavy (non-hydrogen) atoms. The van der Waals surface area contributed by atoms with Crippen LogP contribution >= 0.6 is 0 Å². The van der Waals surface area contributed by atoms with E-state index < -0.39 is 50.3 Å². The van der Waals surface area contributed by atoms with Crippen molar-refractivity contribution in [3.05, 3.63) is 66.3 Å². The molecule has 158 valence electrons. The average molecular weight is 436 g/mol. The van der Waals surface area contributed by atoms with Gasteiger partial charge in [0.2, 0.25) is 5.91 Å². The van der Waals surface area contributed by atoms with Crippen molar-refractivity contribution in [1.82, 2.24) is 0 Å². The lowest BCUT2D eigenvalue weighted by atomic mass is 9.82. The van der Waals surface area contributed by atoms with E-state index in [1.165, 1.54) is 24.3 Å². The molecule has 1 aliphatic rings. The van der Waals surface area contributed by atoms with Crippen LogP contribution in [0.15, 0.2) is 59.5 Å². The highest BCUT2D eigenvalue weighted by atomic mass is 32.2. The molecule has 3 rings (SSSR count). The van der Waals surface area contributed by atoms with Crippen molar-refractivity contribution in [3.8, 4) is 0 Å². The van der Waals surface area contributed by atoms with Gasteiger partial charge in [0, 0.05) is 11.4 Å². The summed E-state index contributed by atoms with van der Waals surface area (Å²) in [4.78, 5) is 23.3. The van der Waals surface area contributed by atoms with Gasteiger partial charge >= 0.3 is 5.97 Å². The third-order valence-electron chi connectivity index (χ3n) is 4.69. The molecule has 0 radical (unpaired) electrons. The van der Waals surface area contributed by atoms with E-state index in [0.717, 1.165) is 6.07 Å². The lowest BCUT2D eigenvalue weighted by Crippen LogP contribution is -2.34. The Balaban J connectivity index is 1.69. The largest absolute Gasteiger partial charge is 0.481 e. The molecule has 2 atom stereocenters. The van der Waals surface area contributed by atoms with Crippen LogP contribution < -0.4 is 10.0 Å². The summed E-state index contributed by atoms with van der Waals surface area (Å²) in [5.41, 5.74) is 0.496. The molecule has 3 N–H and O–H groups in total. The molecule has 10 heteroatoms. The van der Waals surface area contributed by atoms with Crippen molar-refractivity contribution in [2.24, 2.45) is 11.8 Å². The molecule has 0 spiro atoms. The number of benzene rings is 2. The third-order valence-corrected chi connectivity index (χ3v) is 6.07. The summed E-state index contributed by atoms with van der Waals surface area (Å²) in [6, 6.07) is 7.86. The van der Waals surface area contributed by atoms with Gasteiger partial charge in [0.05, 0.1) is 16.7 Å². The van der Waals surface area contributed by atoms with Gasteiger partial charge in [-0.05, 0) is 55.3 Å². The molecule has 1 amide bonds. The van der Waals surface area contributed by atoms with Gasteiger partial charge in [0.25, 0.3) is 10.0 Å². The first-order valence-corrected chi connectivity index (χ1v) is 10.4. The molecule has 7 nitrogen and oxygen atoms in total. The van der Waals surface area contributed by atoms with E-state index in [1.807, 2.05) is 0 Å². The number of carboxylic acids is 1. The van der Waals surface area contributed by atoms with Crippen molar-refractivity contribution in [1.29, 1.82) is 0 Å². The minimum atomic E-state index is -4.14. The molecular weight excluding hydrogens is 418 g/mol. The van der Waals surface area contributed by atoms with Gasteiger partial charge in [0.1, 0.15) is 0 Å². The van der Waals surface area contributed by atoms with E-state index in [0.29, 0.717) is 24.2 Å². The SMILES string of the molecule is O=C(O)C1CC=CCC1C(=O)Nc1ccc(NS(=O)(=O)c2ccc(F)c(F)c2)cc1. The van der Waals surface area contributed by atoms with Crippen LogP contribution in [0.5, 0.6) is 0 Å². The number of hydrogen-bond donors (Lipinski definition) is 3. The van der Waals surface area contributed by atoms with Crippen LogP contribution in [-0.2, 0) is 19.6 Å². The molecular formula is C20H18F2N2O5S. The standard InChI is InChI=1S/C20H18F2N2O5S/c21-17-10-9-14(11-18(17)22)30(28,29)24-13-7-5-12(6-8-13)23-19(25)15-3-1-2-4-16(15)20(26)27/h1-2,5-11,15-16,24H,3-4H2,(H,23,25)(H,26,27). The summed E-state index contributed by atoms with van der Waals surface area (Å²) in [7, 11) is -4.14. The van der Waals surface area contributed by atoms with Crippen LogP contribution in [0.4, 0.5) is 20.2 Å². The molecule has 2 aromatic carbocycles. The summed E-state index contributed by atoms with van der Waals surface area (Å²) in [6.07, 6.45) is 4.09. The number of anilines is 2. The van der Waals surface area contributed by atoms with Crippen LogP contribution in [-0.4, -0.2) is 25.4 Å². The lowest BCUT2D eigenvalue weighted by Gasteiger charge is -2.24. The molecule has 0 aromatic heterocycles. The van der Waals surface area contributed by atoms with E-state index in [9.17, 15) is 31.9 Å². The molecule has 0 saturated heterocycles. The van der Waals surface area contributed by atoms with E-state index in [2.05, 4.69) is 10.0 Å². The normalized spacial score (nSPS) is 18.6. The predicted octanol–water partition coefficient (Wildman–Crippen LogP) is 3.37. The van der Waals surface area contributed by atoms with Crippen molar-refractivity contribution < 1.29 is 31.9 Å². The summed E-state index contributed by atoms with van der Waals surface area (Å²) < 4.78 is 53.1. The van der Waals surface area contributed by atoms with Crippen LogP contribution in [0.3, 0.4) is 0 Å². The van der Waals surface area contributed by atoms with Crippen LogP contribution in [0.2, 0.25) is 0 Å². The van der Waals surface area contributed by atoms with E-state index in [1.54, 1.807) is 12.2 Å². The highest BCUT2D eigenvalue weighted by Gasteiger charge is 2.33. The Labute approximate surface area is 171 Å². The zero-order valence-corrected chi connectivity index (χ0v) is 16.3. The third kappa shape index (κ3) is 4.82. The fourth-order valence-corrected chi connectivity index (χ4v) is 4.16. The maximum absolute atomic E-state index is 13.3. The van der Waals surface area contributed by atoms with Crippen molar-refractivity contribution in [3.63, 3.8) is 0 Å². The zero-order valence-electron chi connectivity index (χ0n) is 15.5. The monoisotopic (exact) mass is 436 g/mol. The second-order valence-electron chi connectivity index (χ2n) is 6.74. The summed E-state index contributed by atoms with van der Waals surface area (Å²) in [5, 5.41) is 11.9. The second-order valence-corrected chi connectivity index (χ2v) is 8.42. The van der Waals surface area contributed by atoms with Gasteiger partial charge < -0.3 is 10.4 Å². The molecule has 0 bridgehead atoms. The number of nitrogens with one attached hydrogen (secondary N) is 2. The van der Waals surface area contributed by atoms with E-state index in [4.69, 9.17) is 0 Å². The zero-order chi connectivity index (χ0) is 21.9. The molecule has 2 aromatic rings. The second kappa shape index (κ2) is 8.62. The molecule has 0 saturated carbocycles. The number of sulfonamides is 1. The number of amides is 1. The Morgan fingerprint density at radius 2 is 1.50 bits per heavy atom. The number of carboxylic acid groups (broad SMARTS) is 1. The fourth-order valence-electron chi connectivity index (χ4n) is 3.09. The number of carbonyl (C=O) groups is 2. The number of rotatable bonds is 6. The van der Waals surface area contributed by atoms with Gasteiger partial charge in [-0.15, -0.1) is 0 Å². The highest BCUT2D eigenvalue weighted by Crippen LogP contribution is 2.27. The Bertz CT molecular complexity index is 1100. The predicted molar refractivity (Wildman–Crippen MR) is 105 cm³/mol. The molecule has 0 fully saturated rings.